The minimum atomic E-state index is 0.241. The fraction of sp³-hybridized carbons (Fsp3) is 0.900. The molecule has 1 aliphatic rings. The lowest BCUT2D eigenvalue weighted by atomic mass is 9.97. The summed E-state index contributed by atoms with van der Waals surface area (Å²) in [4.78, 5) is 15.5. The Morgan fingerprint density at radius 1 is 1.43 bits per heavy atom. The first kappa shape index (κ1) is 11.5. The number of hydrogen-bond donors (Lipinski definition) is 1. The van der Waals surface area contributed by atoms with Gasteiger partial charge in [0.15, 0.2) is 0 Å². The van der Waals surface area contributed by atoms with Crippen molar-refractivity contribution >= 4 is 5.91 Å². The van der Waals surface area contributed by atoms with Gasteiger partial charge in [0.25, 0.3) is 0 Å². The molecule has 1 saturated heterocycles. The summed E-state index contributed by atoms with van der Waals surface area (Å²) in [6, 6.07) is 0. The number of piperidine rings is 1. The van der Waals surface area contributed by atoms with Crippen LogP contribution in [0.5, 0.6) is 0 Å². The molecule has 0 aromatic rings. The van der Waals surface area contributed by atoms with Gasteiger partial charge in [0, 0.05) is 13.1 Å². The topological polar surface area (TPSA) is 49.6 Å². The van der Waals surface area contributed by atoms with Crippen molar-refractivity contribution in [2.45, 2.75) is 12.8 Å². The molecule has 0 aromatic heterocycles. The van der Waals surface area contributed by atoms with Gasteiger partial charge in [0.1, 0.15) is 0 Å². The summed E-state index contributed by atoms with van der Waals surface area (Å²) in [6.07, 6.45) is 2.13. The van der Waals surface area contributed by atoms with Crippen LogP contribution in [0.4, 0.5) is 0 Å². The molecule has 1 aliphatic heterocycles. The summed E-state index contributed by atoms with van der Waals surface area (Å²) in [5.41, 5.74) is 5.59. The number of hydrogen-bond acceptors (Lipinski definition) is 3. The maximum Gasteiger partial charge on any atom is 0.236 e. The fourth-order valence-electron chi connectivity index (χ4n) is 1.79. The van der Waals surface area contributed by atoms with E-state index in [-0.39, 0.29) is 5.91 Å². The van der Waals surface area contributed by atoms with E-state index in [0.29, 0.717) is 12.5 Å². The van der Waals surface area contributed by atoms with E-state index in [1.807, 2.05) is 23.9 Å². The van der Waals surface area contributed by atoms with Gasteiger partial charge in [-0.25, -0.2) is 0 Å². The van der Waals surface area contributed by atoms with Gasteiger partial charge in [-0.2, -0.15) is 0 Å². The van der Waals surface area contributed by atoms with E-state index in [4.69, 9.17) is 5.73 Å². The van der Waals surface area contributed by atoms with Crippen LogP contribution in [0.1, 0.15) is 12.8 Å². The first-order valence-electron chi connectivity index (χ1n) is 5.26. The number of likely N-dealkylation sites (tertiary alicyclic amines) is 1. The van der Waals surface area contributed by atoms with Crippen molar-refractivity contribution in [3.63, 3.8) is 0 Å². The van der Waals surface area contributed by atoms with Gasteiger partial charge in [-0.1, -0.05) is 0 Å². The van der Waals surface area contributed by atoms with Crippen molar-refractivity contribution in [2.24, 2.45) is 11.7 Å². The van der Waals surface area contributed by atoms with Gasteiger partial charge in [0.2, 0.25) is 5.91 Å². The molecule has 82 valence electrons. The zero-order chi connectivity index (χ0) is 10.6. The summed E-state index contributed by atoms with van der Waals surface area (Å²) in [5.74, 6) is 0.865. The molecule has 1 amide bonds. The fourth-order valence-corrected chi connectivity index (χ4v) is 1.79. The maximum atomic E-state index is 11.7. The lowest BCUT2D eigenvalue weighted by Crippen LogP contribution is -2.43. The van der Waals surface area contributed by atoms with E-state index in [9.17, 15) is 4.79 Å². The highest BCUT2D eigenvalue weighted by Gasteiger charge is 2.21. The van der Waals surface area contributed by atoms with Crippen LogP contribution >= 0.6 is 0 Å². The lowest BCUT2D eigenvalue weighted by molar-refractivity contribution is -0.133. The van der Waals surface area contributed by atoms with Gasteiger partial charge in [-0.05, 0) is 39.4 Å². The monoisotopic (exact) mass is 199 g/mol. The first-order chi connectivity index (χ1) is 6.63. The van der Waals surface area contributed by atoms with E-state index in [2.05, 4.69) is 0 Å². The largest absolute Gasteiger partial charge is 0.342 e. The SMILES string of the molecule is CN(C)CC(=O)N1CCC(CN)CC1. The number of nitrogens with two attached hydrogens (primary N) is 1. The number of nitrogens with zero attached hydrogens (tertiary/aromatic N) is 2. The smallest absolute Gasteiger partial charge is 0.236 e. The Balaban J connectivity index is 2.30. The molecule has 0 unspecified atom stereocenters. The van der Waals surface area contributed by atoms with Crippen LogP contribution in [0.15, 0.2) is 0 Å². The van der Waals surface area contributed by atoms with Crippen LogP contribution in [-0.2, 0) is 4.79 Å². The lowest BCUT2D eigenvalue weighted by Gasteiger charge is -2.32. The summed E-state index contributed by atoms with van der Waals surface area (Å²) in [6.45, 7) is 3.05. The number of amides is 1. The zero-order valence-corrected chi connectivity index (χ0v) is 9.20. The number of rotatable bonds is 3. The van der Waals surface area contributed by atoms with Crippen LogP contribution in [-0.4, -0.2) is 56.0 Å². The highest BCUT2D eigenvalue weighted by molar-refractivity contribution is 5.78. The molecule has 0 bridgehead atoms. The number of likely N-dealkylation sites (N-methyl/N-ethyl adjacent to an activating group) is 1. The molecular formula is C10H21N3O. The normalized spacial score (nSPS) is 19.0. The molecule has 0 aliphatic carbocycles. The van der Waals surface area contributed by atoms with Gasteiger partial charge in [-0.3, -0.25) is 4.79 Å². The summed E-state index contributed by atoms with van der Waals surface area (Å²) in [7, 11) is 3.84. The quantitative estimate of drug-likeness (QED) is 0.681. The maximum absolute atomic E-state index is 11.7. The van der Waals surface area contributed by atoms with E-state index >= 15 is 0 Å². The van der Waals surface area contributed by atoms with E-state index in [0.717, 1.165) is 32.5 Å². The van der Waals surface area contributed by atoms with Gasteiger partial charge in [0.05, 0.1) is 6.54 Å². The third kappa shape index (κ3) is 3.27. The van der Waals surface area contributed by atoms with Crippen molar-refractivity contribution in [3.8, 4) is 0 Å². The van der Waals surface area contributed by atoms with Crippen molar-refractivity contribution in [1.82, 2.24) is 9.80 Å². The van der Waals surface area contributed by atoms with Crippen molar-refractivity contribution in [2.75, 3.05) is 40.3 Å². The Kier molecular flexibility index (Phi) is 4.35. The molecule has 0 saturated carbocycles. The molecule has 2 N–H and O–H groups in total. The predicted octanol–water partition coefficient (Wildman–Crippen LogP) is -0.255. The molecule has 14 heavy (non-hydrogen) atoms. The van der Waals surface area contributed by atoms with E-state index < -0.39 is 0 Å². The third-order valence-corrected chi connectivity index (χ3v) is 2.75. The standard InChI is InChI=1S/C10H21N3O/c1-12(2)8-10(14)13-5-3-9(7-11)4-6-13/h9H,3-8,11H2,1-2H3. The van der Waals surface area contributed by atoms with Crippen LogP contribution in [0.3, 0.4) is 0 Å². The third-order valence-electron chi connectivity index (χ3n) is 2.75. The van der Waals surface area contributed by atoms with Crippen molar-refractivity contribution in [3.05, 3.63) is 0 Å². The zero-order valence-electron chi connectivity index (χ0n) is 9.20. The average Bonchev–Trinajstić information content (AvgIpc) is 2.17. The Hall–Kier alpha value is -0.610. The van der Waals surface area contributed by atoms with Crippen LogP contribution in [0.25, 0.3) is 0 Å². The van der Waals surface area contributed by atoms with E-state index in [1.54, 1.807) is 0 Å². The second-order valence-corrected chi connectivity index (χ2v) is 4.30. The summed E-state index contributed by atoms with van der Waals surface area (Å²) >= 11 is 0. The first-order valence-corrected chi connectivity index (χ1v) is 5.26. The molecule has 0 radical (unpaired) electrons. The highest BCUT2D eigenvalue weighted by Crippen LogP contribution is 2.15. The molecule has 1 fully saturated rings. The average molecular weight is 199 g/mol. The Morgan fingerprint density at radius 3 is 2.43 bits per heavy atom. The summed E-state index contributed by atoms with van der Waals surface area (Å²) in [5, 5.41) is 0. The van der Waals surface area contributed by atoms with Crippen molar-refractivity contribution in [1.29, 1.82) is 0 Å². The molecule has 0 aromatic carbocycles. The number of carbonyl (C=O) groups is 1. The molecule has 1 heterocycles. The second-order valence-electron chi connectivity index (χ2n) is 4.30. The Morgan fingerprint density at radius 2 is 2.00 bits per heavy atom. The van der Waals surface area contributed by atoms with Crippen molar-refractivity contribution < 1.29 is 4.79 Å². The van der Waals surface area contributed by atoms with E-state index in [1.165, 1.54) is 0 Å². The second kappa shape index (κ2) is 5.32. The minimum absolute atomic E-state index is 0.241. The Labute approximate surface area is 86.0 Å². The highest BCUT2D eigenvalue weighted by atomic mass is 16.2. The minimum Gasteiger partial charge on any atom is -0.342 e. The molecular weight excluding hydrogens is 178 g/mol. The van der Waals surface area contributed by atoms with Crippen LogP contribution < -0.4 is 5.73 Å². The van der Waals surface area contributed by atoms with Crippen LogP contribution in [0, 0.1) is 5.92 Å². The molecule has 1 rings (SSSR count). The molecule has 0 atom stereocenters. The summed E-state index contributed by atoms with van der Waals surface area (Å²) < 4.78 is 0. The van der Waals surface area contributed by atoms with Gasteiger partial charge >= 0.3 is 0 Å². The molecule has 4 nitrogen and oxygen atoms in total. The number of carbonyl (C=O) groups excluding carboxylic acids is 1. The predicted molar refractivity (Wildman–Crippen MR) is 56.9 cm³/mol. The Bertz CT molecular complexity index is 186. The molecule has 4 heteroatoms. The molecule has 0 spiro atoms. The van der Waals surface area contributed by atoms with Gasteiger partial charge in [-0.15, -0.1) is 0 Å². The van der Waals surface area contributed by atoms with Gasteiger partial charge < -0.3 is 15.5 Å². The van der Waals surface area contributed by atoms with Crippen LogP contribution in [0.2, 0.25) is 0 Å².